The maximum absolute atomic E-state index is 12.9. The third kappa shape index (κ3) is 5.78. The molecule has 0 aliphatic carbocycles. The molecule has 5 nitrogen and oxygen atoms in total. The van der Waals surface area contributed by atoms with Crippen LogP contribution in [0.2, 0.25) is 5.02 Å². The summed E-state index contributed by atoms with van der Waals surface area (Å²) in [7, 11) is 0. The Morgan fingerprint density at radius 3 is 2.33 bits per heavy atom. The lowest BCUT2D eigenvalue weighted by molar-refractivity contribution is -0.138. The van der Waals surface area contributed by atoms with E-state index in [-0.39, 0.29) is 16.8 Å². The number of amides is 1. The third-order valence-corrected chi connectivity index (χ3v) is 6.28. The lowest BCUT2D eigenvalue weighted by Crippen LogP contribution is -2.51. The number of alkyl halides is 3. The van der Waals surface area contributed by atoms with Crippen molar-refractivity contribution in [3.8, 4) is 0 Å². The van der Waals surface area contributed by atoms with Crippen molar-refractivity contribution in [3.05, 3.63) is 22.8 Å². The summed E-state index contributed by atoms with van der Waals surface area (Å²) >= 11 is 6.06. The Morgan fingerprint density at radius 1 is 1.17 bits per heavy atom. The van der Waals surface area contributed by atoms with Gasteiger partial charge in [0.05, 0.1) is 10.6 Å². The van der Waals surface area contributed by atoms with E-state index in [4.69, 9.17) is 11.6 Å². The number of carbonyl (C=O) groups excluding carboxylic acids is 1. The van der Waals surface area contributed by atoms with E-state index in [1.165, 1.54) is 6.42 Å². The number of piperazine rings is 1. The summed E-state index contributed by atoms with van der Waals surface area (Å²) in [6.07, 6.45) is -1.16. The number of anilines is 1. The molecule has 0 spiro atoms. The van der Waals surface area contributed by atoms with Crippen molar-refractivity contribution in [2.24, 2.45) is 11.8 Å². The summed E-state index contributed by atoms with van der Waals surface area (Å²) in [6, 6.07) is 0.917. The van der Waals surface area contributed by atoms with Gasteiger partial charge in [-0.05, 0) is 37.8 Å². The minimum Gasteiger partial charge on any atom is -0.355 e. The molecule has 9 heteroatoms. The molecular formula is C21H30ClF3N4O. The number of hydrogen-bond acceptors (Lipinski definition) is 4. The van der Waals surface area contributed by atoms with Gasteiger partial charge in [-0.25, -0.2) is 4.98 Å². The molecule has 3 rings (SSSR count). The van der Waals surface area contributed by atoms with Crippen LogP contribution in [-0.2, 0) is 11.0 Å². The van der Waals surface area contributed by atoms with Gasteiger partial charge in [-0.1, -0.05) is 25.4 Å². The van der Waals surface area contributed by atoms with E-state index in [0.29, 0.717) is 37.7 Å². The molecule has 0 radical (unpaired) electrons. The first-order valence-corrected chi connectivity index (χ1v) is 11.0. The molecule has 168 valence electrons. The van der Waals surface area contributed by atoms with E-state index in [9.17, 15) is 18.0 Å². The van der Waals surface area contributed by atoms with Gasteiger partial charge in [0.2, 0.25) is 5.91 Å². The van der Waals surface area contributed by atoms with Gasteiger partial charge in [0.1, 0.15) is 5.82 Å². The summed E-state index contributed by atoms with van der Waals surface area (Å²) in [5.74, 6) is 1.19. The van der Waals surface area contributed by atoms with Crippen LogP contribution in [0.4, 0.5) is 19.0 Å². The first kappa shape index (κ1) is 23.1. The molecule has 0 saturated carbocycles. The molecule has 0 N–H and O–H groups in total. The van der Waals surface area contributed by atoms with Gasteiger partial charge >= 0.3 is 6.18 Å². The Bertz CT molecular complexity index is 727. The van der Waals surface area contributed by atoms with Crippen LogP contribution in [-0.4, -0.2) is 66.5 Å². The van der Waals surface area contributed by atoms with Crippen LogP contribution in [0.25, 0.3) is 0 Å². The summed E-state index contributed by atoms with van der Waals surface area (Å²) in [5.41, 5.74) is -0.853. The second-order valence-electron chi connectivity index (χ2n) is 8.64. The fraction of sp³-hybridized carbons (Fsp3) is 0.714. The molecule has 2 aliphatic rings. The minimum atomic E-state index is -4.46. The molecule has 0 atom stereocenters. The van der Waals surface area contributed by atoms with Crippen molar-refractivity contribution in [1.82, 2.24) is 14.8 Å². The number of piperidine rings is 1. The third-order valence-electron chi connectivity index (χ3n) is 6.00. The van der Waals surface area contributed by atoms with Crippen LogP contribution in [0.15, 0.2) is 12.3 Å². The highest BCUT2D eigenvalue weighted by atomic mass is 35.5. The monoisotopic (exact) mass is 446 g/mol. The van der Waals surface area contributed by atoms with Crippen LogP contribution in [0, 0.1) is 11.8 Å². The molecule has 30 heavy (non-hydrogen) atoms. The highest BCUT2D eigenvalue weighted by Gasteiger charge is 2.34. The molecule has 0 bridgehead atoms. The molecule has 3 heterocycles. The quantitative estimate of drug-likeness (QED) is 0.681. The molecule has 1 aromatic heterocycles. The van der Waals surface area contributed by atoms with Crippen molar-refractivity contribution < 1.29 is 18.0 Å². The second-order valence-corrected chi connectivity index (χ2v) is 9.05. The van der Waals surface area contributed by atoms with Crippen LogP contribution < -0.4 is 4.90 Å². The fourth-order valence-corrected chi connectivity index (χ4v) is 4.33. The maximum Gasteiger partial charge on any atom is 0.417 e. The average Bonchev–Trinajstić information content (AvgIpc) is 2.71. The smallest absolute Gasteiger partial charge is 0.355 e. The summed E-state index contributed by atoms with van der Waals surface area (Å²) in [6.45, 7) is 10.0. The fourth-order valence-electron chi connectivity index (χ4n) is 4.05. The van der Waals surface area contributed by atoms with Gasteiger partial charge in [0.25, 0.3) is 0 Å². The van der Waals surface area contributed by atoms with Crippen LogP contribution in [0.1, 0.15) is 38.7 Å². The van der Waals surface area contributed by atoms with E-state index < -0.39 is 11.7 Å². The van der Waals surface area contributed by atoms with E-state index in [2.05, 4.69) is 23.7 Å². The number of aromatic nitrogens is 1. The van der Waals surface area contributed by atoms with Gasteiger partial charge in [-0.3, -0.25) is 9.69 Å². The van der Waals surface area contributed by atoms with Crippen molar-refractivity contribution >= 4 is 23.3 Å². The number of carbonyl (C=O) groups is 1. The Labute approximate surface area is 181 Å². The van der Waals surface area contributed by atoms with Gasteiger partial charge in [0, 0.05) is 51.4 Å². The van der Waals surface area contributed by atoms with Crippen LogP contribution in [0.3, 0.4) is 0 Å². The summed E-state index contributed by atoms with van der Waals surface area (Å²) in [4.78, 5) is 23.1. The van der Waals surface area contributed by atoms with Gasteiger partial charge in [-0.2, -0.15) is 13.2 Å². The number of pyridine rings is 1. The predicted molar refractivity (Wildman–Crippen MR) is 112 cm³/mol. The molecule has 0 unspecified atom stereocenters. The number of halogens is 4. The lowest BCUT2D eigenvalue weighted by Gasteiger charge is -2.39. The normalized spacial score (nSPS) is 19.6. The van der Waals surface area contributed by atoms with Gasteiger partial charge in [0.15, 0.2) is 0 Å². The predicted octanol–water partition coefficient (Wildman–Crippen LogP) is 4.16. The molecule has 2 saturated heterocycles. The van der Waals surface area contributed by atoms with E-state index in [1.807, 2.05) is 9.80 Å². The maximum atomic E-state index is 12.9. The van der Waals surface area contributed by atoms with Crippen LogP contribution >= 0.6 is 11.6 Å². The zero-order valence-corrected chi connectivity index (χ0v) is 18.3. The minimum absolute atomic E-state index is 0.00730. The van der Waals surface area contributed by atoms with E-state index >= 15 is 0 Å². The molecule has 2 fully saturated rings. The molecule has 2 aliphatic heterocycles. The largest absolute Gasteiger partial charge is 0.417 e. The Kier molecular flexibility index (Phi) is 7.50. The first-order valence-electron chi connectivity index (χ1n) is 10.6. The first-order chi connectivity index (χ1) is 14.1. The van der Waals surface area contributed by atoms with Crippen molar-refractivity contribution in [3.63, 3.8) is 0 Å². The van der Waals surface area contributed by atoms with Crippen LogP contribution in [0.5, 0.6) is 0 Å². The lowest BCUT2D eigenvalue weighted by atomic mass is 9.95. The number of nitrogens with zero attached hydrogens (tertiary/aromatic N) is 4. The van der Waals surface area contributed by atoms with E-state index in [0.717, 1.165) is 45.0 Å². The topological polar surface area (TPSA) is 39.7 Å². The summed E-state index contributed by atoms with van der Waals surface area (Å²) in [5, 5.41) is -0.00730. The Balaban J connectivity index is 1.49. The van der Waals surface area contributed by atoms with Gasteiger partial charge < -0.3 is 9.80 Å². The van der Waals surface area contributed by atoms with Gasteiger partial charge in [-0.15, -0.1) is 0 Å². The van der Waals surface area contributed by atoms with Crippen molar-refractivity contribution in [1.29, 1.82) is 0 Å². The van der Waals surface area contributed by atoms with Crippen molar-refractivity contribution in [2.75, 3.05) is 50.7 Å². The molecule has 1 amide bonds. The Hall–Kier alpha value is -1.54. The second kappa shape index (κ2) is 9.73. The zero-order valence-electron chi connectivity index (χ0n) is 17.6. The standard InChI is InChI=1S/C21H30ClF3N4O/c1-15(2)3-6-27-9-11-29(12-10-27)20(30)16-4-7-28(8-5-16)19-18(22)13-17(14-26-19)21(23,24)25/h13-16H,3-12H2,1-2H3. The van der Waals surface area contributed by atoms with E-state index in [1.54, 1.807) is 0 Å². The average molecular weight is 447 g/mol. The molecule has 0 aromatic carbocycles. The number of rotatable bonds is 5. The highest BCUT2D eigenvalue weighted by Crippen LogP contribution is 2.34. The van der Waals surface area contributed by atoms with Crippen molar-refractivity contribution in [2.45, 2.75) is 39.3 Å². The summed E-state index contributed by atoms with van der Waals surface area (Å²) < 4.78 is 38.4. The molecule has 1 aromatic rings. The Morgan fingerprint density at radius 2 is 1.80 bits per heavy atom. The SMILES string of the molecule is CC(C)CCN1CCN(C(=O)C2CCN(c3ncc(C(F)(F)F)cc3Cl)CC2)CC1. The highest BCUT2D eigenvalue weighted by molar-refractivity contribution is 6.33. The zero-order chi connectivity index (χ0) is 21.9. The number of hydrogen-bond donors (Lipinski definition) is 0. The molecular weight excluding hydrogens is 417 g/mol.